The highest BCUT2D eigenvalue weighted by molar-refractivity contribution is 9.10. The van der Waals surface area contributed by atoms with Crippen molar-refractivity contribution in [1.82, 2.24) is 0 Å². The Kier molecular flexibility index (Phi) is 2.35. The molecule has 0 aromatic carbocycles. The minimum atomic E-state index is -0.583. The first-order valence-corrected chi connectivity index (χ1v) is 4.46. The Labute approximate surface area is 80.9 Å². The number of carbonyl (C=O) groups is 1. The molecule has 0 saturated carbocycles. The molecular weight excluding hydrogens is 242 g/mol. The third-order valence-corrected chi connectivity index (χ3v) is 3.30. The SMILES string of the molecule is N#Cc1c(N)sc(C(N)=O)c1Br. The maximum Gasteiger partial charge on any atom is 0.260 e. The van der Waals surface area contributed by atoms with Crippen LogP contribution in [0.2, 0.25) is 0 Å². The summed E-state index contributed by atoms with van der Waals surface area (Å²) in [5.74, 6) is -0.583. The van der Waals surface area contributed by atoms with E-state index >= 15 is 0 Å². The number of primary amides is 1. The lowest BCUT2D eigenvalue weighted by molar-refractivity contribution is 0.100. The zero-order valence-electron chi connectivity index (χ0n) is 5.80. The van der Waals surface area contributed by atoms with E-state index in [9.17, 15) is 4.79 Å². The number of amides is 1. The first-order valence-electron chi connectivity index (χ1n) is 2.85. The monoisotopic (exact) mass is 245 g/mol. The van der Waals surface area contributed by atoms with Crippen LogP contribution in [0.25, 0.3) is 0 Å². The Morgan fingerprint density at radius 2 is 2.25 bits per heavy atom. The molecule has 1 heterocycles. The molecule has 1 rings (SSSR count). The summed E-state index contributed by atoms with van der Waals surface area (Å²) < 4.78 is 0.389. The zero-order valence-corrected chi connectivity index (χ0v) is 8.20. The molecular formula is C6H4BrN3OS. The van der Waals surface area contributed by atoms with E-state index in [1.165, 1.54) is 0 Å². The van der Waals surface area contributed by atoms with E-state index in [4.69, 9.17) is 16.7 Å². The van der Waals surface area contributed by atoms with Crippen LogP contribution in [0, 0.1) is 11.3 Å². The summed E-state index contributed by atoms with van der Waals surface area (Å²) >= 11 is 4.08. The average molecular weight is 246 g/mol. The standard InChI is InChI=1S/C6H4BrN3OS/c7-3-2(1-8)6(10)12-4(3)5(9)11/h10H2,(H2,9,11). The number of anilines is 1. The second-order valence-corrected chi connectivity index (χ2v) is 3.81. The fourth-order valence-electron chi connectivity index (χ4n) is 0.690. The van der Waals surface area contributed by atoms with Crippen molar-refractivity contribution in [2.24, 2.45) is 5.73 Å². The van der Waals surface area contributed by atoms with Crippen LogP contribution < -0.4 is 11.5 Å². The van der Waals surface area contributed by atoms with Crippen LogP contribution in [0.15, 0.2) is 4.47 Å². The molecule has 1 aromatic heterocycles. The van der Waals surface area contributed by atoms with Gasteiger partial charge in [0.2, 0.25) is 0 Å². The Bertz CT molecular complexity index is 379. The van der Waals surface area contributed by atoms with E-state index in [1.807, 2.05) is 6.07 Å². The van der Waals surface area contributed by atoms with E-state index in [-0.39, 0.29) is 10.4 Å². The van der Waals surface area contributed by atoms with Crippen molar-refractivity contribution in [3.63, 3.8) is 0 Å². The van der Waals surface area contributed by atoms with Crippen LogP contribution in [0.4, 0.5) is 5.00 Å². The second kappa shape index (κ2) is 3.13. The van der Waals surface area contributed by atoms with Crippen LogP contribution in [-0.4, -0.2) is 5.91 Å². The maximum atomic E-state index is 10.7. The number of halogens is 1. The van der Waals surface area contributed by atoms with Crippen LogP contribution in [0.3, 0.4) is 0 Å². The zero-order chi connectivity index (χ0) is 9.30. The molecule has 0 saturated heterocycles. The van der Waals surface area contributed by atoms with Crippen molar-refractivity contribution in [3.8, 4) is 6.07 Å². The van der Waals surface area contributed by atoms with Gasteiger partial charge in [0.05, 0.1) is 4.47 Å². The summed E-state index contributed by atoms with van der Waals surface area (Å²) in [7, 11) is 0. The highest BCUT2D eigenvalue weighted by Gasteiger charge is 2.17. The summed E-state index contributed by atoms with van der Waals surface area (Å²) in [6.07, 6.45) is 0. The van der Waals surface area contributed by atoms with E-state index < -0.39 is 5.91 Å². The van der Waals surface area contributed by atoms with Gasteiger partial charge in [0, 0.05) is 0 Å². The number of nitrogens with zero attached hydrogens (tertiary/aromatic N) is 1. The predicted molar refractivity (Wildman–Crippen MR) is 49.7 cm³/mol. The van der Waals surface area contributed by atoms with Gasteiger partial charge in [-0.15, -0.1) is 11.3 Å². The highest BCUT2D eigenvalue weighted by Crippen LogP contribution is 2.34. The Morgan fingerprint density at radius 1 is 1.67 bits per heavy atom. The predicted octanol–water partition coefficient (Wildman–Crippen LogP) is 1.06. The Hall–Kier alpha value is -1.06. The quantitative estimate of drug-likeness (QED) is 0.775. The Balaban J connectivity index is 3.39. The topological polar surface area (TPSA) is 92.9 Å². The third-order valence-electron chi connectivity index (χ3n) is 1.21. The largest absolute Gasteiger partial charge is 0.389 e. The van der Waals surface area contributed by atoms with Gasteiger partial charge in [0.25, 0.3) is 5.91 Å². The Morgan fingerprint density at radius 3 is 2.50 bits per heavy atom. The second-order valence-electron chi connectivity index (χ2n) is 1.96. The molecule has 4 N–H and O–H groups in total. The molecule has 0 unspecified atom stereocenters. The van der Waals surface area contributed by atoms with Gasteiger partial charge in [-0.3, -0.25) is 4.79 Å². The van der Waals surface area contributed by atoms with Crippen LogP contribution >= 0.6 is 27.3 Å². The summed E-state index contributed by atoms with van der Waals surface area (Å²) in [4.78, 5) is 11.0. The number of nitrogen functional groups attached to an aromatic ring is 1. The van der Waals surface area contributed by atoms with Gasteiger partial charge < -0.3 is 11.5 Å². The van der Waals surface area contributed by atoms with Crippen molar-refractivity contribution in [2.75, 3.05) is 5.73 Å². The number of nitrogens with two attached hydrogens (primary N) is 2. The third kappa shape index (κ3) is 1.29. The van der Waals surface area contributed by atoms with Crippen molar-refractivity contribution >= 4 is 38.2 Å². The van der Waals surface area contributed by atoms with E-state index in [0.717, 1.165) is 11.3 Å². The lowest BCUT2D eigenvalue weighted by Gasteiger charge is -1.87. The first kappa shape index (κ1) is 9.03. The van der Waals surface area contributed by atoms with Crippen molar-refractivity contribution < 1.29 is 4.79 Å². The summed E-state index contributed by atoms with van der Waals surface area (Å²) in [5, 5.41) is 8.89. The smallest absolute Gasteiger partial charge is 0.260 e. The molecule has 0 fully saturated rings. The molecule has 62 valence electrons. The average Bonchev–Trinajstić information content (AvgIpc) is 2.27. The van der Waals surface area contributed by atoms with Crippen molar-refractivity contribution in [3.05, 3.63) is 14.9 Å². The molecule has 0 aliphatic heterocycles. The highest BCUT2D eigenvalue weighted by atomic mass is 79.9. The number of nitriles is 1. The number of hydrogen-bond acceptors (Lipinski definition) is 4. The number of hydrogen-bond donors (Lipinski definition) is 2. The molecule has 1 amide bonds. The van der Waals surface area contributed by atoms with Crippen molar-refractivity contribution in [2.45, 2.75) is 0 Å². The fourth-order valence-corrected chi connectivity index (χ4v) is 2.32. The van der Waals surface area contributed by atoms with Gasteiger partial charge in [0.1, 0.15) is 21.5 Å². The molecule has 0 spiro atoms. The van der Waals surface area contributed by atoms with Gasteiger partial charge in [0.15, 0.2) is 0 Å². The number of carbonyl (C=O) groups excluding carboxylic acids is 1. The molecule has 0 aliphatic carbocycles. The molecule has 12 heavy (non-hydrogen) atoms. The van der Waals surface area contributed by atoms with Crippen LogP contribution in [0.5, 0.6) is 0 Å². The molecule has 6 heteroatoms. The minimum Gasteiger partial charge on any atom is -0.389 e. The van der Waals surface area contributed by atoms with Gasteiger partial charge in [-0.2, -0.15) is 5.26 Å². The van der Waals surface area contributed by atoms with E-state index in [1.54, 1.807) is 0 Å². The lowest BCUT2D eigenvalue weighted by atomic mass is 10.3. The summed E-state index contributed by atoms with van der Waals surface area (Å²) in [6.45, 7) is 0. The van der Waals surface area contributed by atoms with Gasteiger partial charge in [-0.05, 0) is 15.9 Å². The molecule has 4 nitrogen and oxygen atoms in total. The van der Waals surface area contributed by atoms with E-state index in [0.29, 0.717) is 9.47 Å². The molecule has 0 radical (unpaired) electrons. The maximum absolute atomic E-state index is 10.7. The molecule has 0 bridgehead atoms. The normalized spacial score (nSPS) is 9.33. The summed E-state index contributed by atoms with van der Waals surface area (Å²) in [6, 6.07) is 1.87. The van der Waals surface area contributed by atoms with Crippen LogP contribution in [-0.2, 0) is 0 Å². The molecule has 1 aromatic rings. The lowest BCUT2D eigenvalue weighted by Crippen LogP contribution is -2.09. The number of rotatable bonds is 1. The summed E-state index contributed by atoms with van der Waals surface area (Å²) in [5.41, 5.74) is 10.7. The first-order chi connectivity index (χ1) is 5.57. The minimum absolute atomic E-state index is 0.272. The number of thiophene rings is 1. The molecule has 0 atom stereocenters. The van der Waals surface area contributed by atoms with Crippen LogP contribution in [0.1, 0.15) is 15.2 Å². The molecule has 0 aliphatic rings. The van der Waals surface area contributed by atoms with Gasteiger partial charge in [-0.25, -0.2) is 0 Å². The van der Waals surface area contributed by atoms with E-state index in [2.05, 4.69) is 15.9 Å². The van der Waals surface area contributed by atoms with Gasteiger partial charge in [-0.1, -0.05) is 0 Å². The van der Waals surface area contributed by atoms with Gasteiger partial charge >= 0.3 is 0 Å². The fraction of sp³-hybridized carbons (Fsp3) is 0. The van der Waals surface area contributed by atoms with Crippen molar-refractivity contribution in [1.29, 1.82) is 5.26 Å².